The summed E-state index contributed by atoms with van der Waals surface area (Å²) in [6.07, 6.45) is 5.54. The fraction of sp³-hybridized carbons (Fsp3) is 0.438. The zero-order valence-electron chi connectivity index (χ0n) is 12.2. The van der Waals surface area contributed by atoms with E-state index in [1.807, 2.05) is 30.1 Å². The number of aromatic nitrogens is 2. The van der Waals surface area contributed by atoms with Crippen LogP contribution in [0.15, 0.2) is 30.6 Å². The van der Waals surface area contributed by atoms with Crippen LogP contribution in [0, 0.1) is 5.92 Å². The maximum Gasteiger partial charge on any atom is 0.256 e. The van der Waals surface area contributed by atoms with Gasteiger partial charge in [0, 0.05) is 25.5 Å². The number of rotatable bonds is 3. The molecule has 1 fully saturated rings. The van der Waals surface area contributed by atoms with Gasteiger partial charge in [-0.15, -0.1) is 0 Å². The van der Waals surface area contributed by atoms with Crippen LogP contribution in [0.2, 0.25) is 0 Å². The molecule has 1 aromatic carbocycles. The molecule has 21 heavy (non-hydrogen) atoms. The third-order valence-electron chi connectivity index (χ3n) is 4.03. The first-order chi connectivity index (χ1) is 10.3. The van der Waals surface area contributed by atoms with Crippen LogP contribution in [0.4, 0.5) is 0 Å². The number of carbonyl (C=O) groups is 1. The lowest BCUT2D eigenvalue weighted by Crippen LogP contribution is -2.42. The molecule has 0 saturated carbocycles. The molecule has 0 spiro atoms. The number of hydrogen-bond acceptors (Lipinski definition) is 4. The van der Waals surface area contributed by atoms with Crippen LogP contribution in [-0.2, 0) is 0 Å². The van der Waals surface area contributed by atoms with Gasteiger partial charge in [-0.25, -0.2) is 0 Å². The molecule has 2 heterocycles. The highest BCUT2D eigenvalue weighted by Crippen LogP contribution is 2.21. The molecule has 3 rings (SSSR count). The molecule has 2 aromatic rings. The van der Waals surface area contributed by atoms with Gasteiger partial charge in [-0.2, -0.15) is 0 Å². The van der Waals surface area contributed by atoms with Crippen LogP contribution in [0.25, 0.3) is 11.0 Å². The molecule has 1 amide bonds. The molecule has 5 heteroatoms. The Bertz CT molecular complexity index is 636. The minimum Gasteiger partial charge on any atom is -0.338 e. The quantitative estimate of drug-likeness (QED) is 0.932. The van der Waals surface area contributed by atoms with E-state index >= 15 is 0 Å². The summed E-state index contributed by atoms with van der Waals surface area (Å²) in [5.74, 6) is 0.607. The lowest BCUT2D eigenvalue weighted by Gasteiger charge is -2.32. The molecule has 1 unspecified atom stereocenters. The van der Waals surface area contributed by atoms with Gasteiger partial charge >= 0.3 is 0 Å². The summed E-state index contributed by atoms with van der Waals surface area (Å²) >= 11 is 0. The number of benzene rings is 1. The Balaban J connectivity index is 1.86. The van der Waals surface area contributed by atoms with Crippen molar-refractivity contribution < 1.29 is 4.79 Å². The van der Waals surface area contributed by atoms with Crippen molar-refractivity contribution in [3.05, 3.63) is 36.2 Å². The molecule has 0 bridgehead atoms. The number of para-hydroxylation sites is 1. The Morgan fingerprint density at radius 1 is 1.38 bits per heavy atom. The van der Waals surface area contributed by atoms with Gasteiger partial charge in [0.05, 0.1) is 11.1 Å². The summed E-state index contributed by atoms with van der Waals surface area (Å²) in [5.41, 5.74) is 2.12. The largest absolute Gasteiger partial charge is 0.338 e. The lowest BCUT2D eigenvalue weighted by atomic mass is 9.97. The van der Waals surface area contributed by atoms with Crippen molar-refractivity contribution in [2.75, 3.05) is 26.7 Å². The second-order valence-electron chi connectivity index (χ2n) is 5.55. The Morgan fingerprint density at radius 2 is 2.24 bits per heavy atom. The second kappa shape index (κ2) is 6.18. The van der Waals surface area contributed by atoms with E-state index in [9.17, 15) is 4.79 Å². The zero-order chi connectivity index (χ0) is 14.7. The number of nitrogens with one attached hydrogen (secondary N) is 1. The van der Waals surface area contributed by atoms with Crippen molar-refractivity contribution >= 4 is 16.9 Å². The van der Waals surface area contributed by atoms with Crippen LogP contribution >= 0.6 is 0 Å². The second-order valence-corrected chi connectivity index (χ2v) is 5.55. The van der Waals surface area contributed by atoms with Crippen LogP contribution in [0.3, 0.4) is 0 Å². The Hall–Kier alpha value is -2.01. The number of likely N-dealkylation sites (tertiary alicyclic amines) is 1. The van der Waals surface area contributed by atoms with Gasteiger partial charge in [0.15, 0.2) is 0 Å². The standard InChI is InChI=1S/C16H20N4O/c1-17-10-12-4-3-9-20(11-12)16(21)13-5-2-6-14-15(13)19-8-7-18-14/h2,5-8,12,17H,3-4,9-11H2,1H3. The third kappa shape index (κ3) is 2.88. The Kier molecular flexibility index (Phi) is 4.10. The summed E-state index contributed by atoms with van der Waals surface area (Å²) in [4.78, 5) is 23.4. The van der Waals surface area contributed by atoms with Crippen LogP contribution in [-0.4, -0.2) is 47.5 Å². The molecule has 1 aromatic heterocycles. The highest BCUT2D eigenvalue weighted by molar-refractivity contribution is 6.04. The summed E-state index contributed by atoms with van der Waals surface area (Å²) in [6.45, 7) is 2.60. The monoisotopic (exact) mass is 284 g/mol. The minimum atomic E-state index is 0.0712. The molecular formula is C16H20N4O. The van der Waals surface area contributed by atoms with Crippen molar-refractivity contribution in [1.82, 2.24) is 20.2 Å². The molecule has 1 aliphatic rings. The van der Waals surface area contributed by atoms with E-state index in [0.717, 1.165) is 31.6 Å². The van der Waals surface area contributed by atoms with E-state index < -0.39 is 0 Å². The zero-order valence-corrected chi connectivity index (χ0v) is 12.2. The van der Waals surface area contributed by atoms with Gasteiger partial charge in [0.1, 0.15) is 5.52 Å². The third-order valence-corrected chi connectivity index (χ3v) is 4.03. The van der Waals surface area contributed by atoms with Crippen molar-refractivity contribution in [3.63, 3.8) is 0 Å². The number of carbonyl (C=O) groups excluding carboxylic acids is 1. The summed E-state index contributed by atoms with van der Waals surface area (Å²) in [6, 6.07) is 5.61. The Morgan fingerprint density at radius 3 is 3.10 bits per heavy atom. The smallest absolute Gasteiger partial charge is 0.256 e. The highest BCUT2D eigenvalue weighted by Gasteiger charge is 2.25. The van der Waals surface area contributed by atoms with Gasteiger partial charge < -0.3 is 10.2 Å². The highest BCUT2D eigenvalue weighted by atomic mass is 16.2. The van der Waals surface area contributed by atoms with Crippen LogP contribution in [0.5, 0.6) is 0 Å². The fourth-order valence-electron chi connectivity index (χ4n) is 3.04. The van der Waals surface area contributed by atoms with Gasteiger partial charge in [-0.1, -0.05) is 6.07 Å². The molecule has 0 aliphatic carbocycles. The summed E-state index contributed by atoms with van der Waals surface area (Å²) in [5, 5.41) is 3.21. The normalized spacial score (nSPS) is 18.9. The predicted octanol–water partition coefficient (Wildman–Crippen LogP) is 1.70. The molecule has 110 valence electrons. The number of hydrogen-bond donors (Lipinski definition) is 1. The maximum atomic E-state index is 12.8. The molecule has 1 aliphatic heterocycles. The van der Waals surface area contributed by atoms with E-state index in [1.165, 1.54) is 6.42 Å². The lowest BCUT2D eigenvalue weighted by molar-refractivity contribution is 0.0676. The van der Waals surface area contributed by atoms with E-state index in [0.29, 0.717) is 17.0 Å². The van der Waals surface area contributed by atoms with E-state index in [4.69, 9.17) is 0 Å². The van der Waals surface area contributed by atoms with Gasteiger partial charge in [0.2, 0.25) is 0 Å². The number of fused-ring (bicyclic) bond motifs is 1. The number of nitrogens with zero attached hydrogens (tertiary/aromatic N) is 3. The van der Waals surface area contributed by atoms with Crippen LogP contribution in [0.1, 0.15) is 23.2 Å². The molecule has 0 radical (unpaired) electrons. The molecular weight excluding hydrogens is 264 g/mol. The maximum absolute atomic E-state index is 12.8. The van der Waals surface area contributed by atoms with Crippen molar-refractivity contribution in [3.8, 4) is 0 Å². The van der Waals surface area contributed by atoms with Gasteiger partial charge in [-0.3, -0.25) is 14.8 Å². The van der Waals surface area contributed by atoms with E-state index in [1.54, 1.807) is 12.4 Å². The van der Waals surface area contributed by atoms with E-state index in [-0.39, 0.29) is 5.91 Å². The molecule has 5 nitrogen and oxygen atoms in total. The van der Waals surface area contributed by atoms with Gasteiger partial charge in [0.25, 0.3) is 5.91 Å². The first-order valence-electron chi connectivity index (χ1n) is 7.43. The fourth-order valence-corrected chi connectivity index (χ4v) is 3.04. The summed E-state index contributed by atoms with van der Waals surface area (Å²) < 4.78 is 0. The average Bonchev–Trinajstić information content (AvgIpc) is 2.54. The molecule has 1 atom stereocenters. The van der Waals surface area contributed by atoms with Crippen molar-refractivity contribution in [2.45, 2.75) is 12.8 Å². The number of piperidine rings is 1. The topological polar surface area (TPSA) is 58.1 Å². The SMILES string of the molecule is CNCC1CCCN(C(=O)c2cccc3nccnc23)C1. The van der Waals surface area contributed by atoms with Crippen molar-refractivity contribution in [1.29, 1.82) is 0 Å². The first kappa shape index (κ1) is 13.9. The Labute approximate surface area is 124 Å². The average molecular weight is 284 g/mol. The van der Waals surface area contributed by atoms with Crippen LogP contribution < -0.4 is 5.32 Å². The van der Waals surface area contributed by atoms with E-state index in [2.05, 4.69) is 15.3 Å². The van der Waals surface area contributed by atoms with Crippen molar-refractivity contribution in [2.24, 2.45) is 5.92 Å². The van der Waals surface area contributed by atoms with Gasteiger partial charge in [-0.05, 0) is 44.5 Å². The molecule has 1 N–H and O–H groups in total. The predicted molar refractivity (Wildman–Crippen MR) is 82.1 cm³/mol. The summed E-state index contributed by atoms with van der Waals surface area (Å²) in [7, 11) is 1.96. The molecule has 1 saturated heterocycles. The first-order valence-corrected chi connectivity index (χ1v) is 7.43. The number of amides is 1. The minimum absolute atomic E-state index is 0.0712.